The van der Waals surface area contributed by atoms with Crippen LogP contribution in [0.4, 0.5) is 14.6 Å². The number of ether oxygens (including phenoxy) is 1. The molecule has 0 saturated carbocycles. The highest BCUT2D eigenvalue weighted by molar-refractivity contribution is 5.93. The van der Waals surface area contributed by atoms with E-state index in [0.29, 0.717) is 31.4 Å². The van der Waals surface area contributed by atoms with Gasteiger partial charge in [-0.05, 0) is 25.5 Å². The van der Waals surface area contributed by atoms with E-state index in [0.717, 1.165) is 17.0 Å². The molecule has 30 heavy (non-hydrogen) atoms. The van der Waals surface area contributed by atoms with Crippen LogP contribution in [-0.4, -0.2) is 51.4 Å². The van der Waals surface area contributed by atoms with Gasteiger partial charge in [-0.25, -0.2) is 23.5 Å². The molecular weight excluding hydrogens is 398 g/mol. The highest BCUT2D eigenvalue weighted by atomic mass is 19.1. The predicted octanol–water partition coefficient (Wildman–Crippen LogP) is 1.81. The number of nitrogens with zero attached hydrogens (tertiary/aromatic N) is 4. The van der Waals surface area contributed by atoms with Crippen LogP contribution in [0, 0.1) is 11.6 Å². The summed E-state index contributed by atoms with van der Waals surface area (Å²) in [5.41, 5.74) is -0.895. The molecule has 8 nitrogen and oxygen atoms in total. The van der Waals surface area contributed by atoms with Crippen LogP contribution >= 0.6 is 0 Å². The van der Waals surface area contributed by atoms with Crippen LogP contribution in [0.1, 0.15) is 23.7 Å². The standard InChI is InChI=1S/C20H18F2N4O4/c1-2-30-20(29)14-10-26(19-15(22)7-11(21)8-23-19)18-13(17(14)28)3-4-16(24-18)25-6-5-12(27)9-25/h3-4,7-8,10,12,27H,2,5-6,9H2,1H3. The Hall–Kier alpha value is -3.40. The first-order chi connectivity index (χ1) is 14.4. The third-order valence-corrected chi connectivity index (χ3v) is 4.84. The maximum absolute atomic E-state index is 14.5. The van der Waals surface area contributed by atoms with E-state index in [9.17, 15) is 23.5 Å². The third kappa shape index (κ3) is 3.50. The Labute approximate surface area is 169 Å². The summed E-state index contributed by atoms with van der Waals surface area (Å²) < 4.78 is 33.9. The number of carbonyl (C=O) groups excluding carboxylic acids is 1. The van der Waals surface area contributed by atoms with Crippen LogP contribution in [0.15, 0.2) is 35.4 Å². The number of aliphatic hydroxyl groups excluding tert-OH is 1. The van der Waals surface area contributed by atoms with Crippen molar-refractivity contribution >= 4 is 22.8 Å². The van der Waals surface area contributed by atoms with Gasteiger partial charge in [0.2, 0.25) is 5.43 Å². The van der Waals surface area contributed by atoms with Gasteiger partial charge in [-0.1, -0.05) is 0 Å². The maximum atomic E-state index is 14.5. The fourth-order valence-corrected chi connectivity index (χ4v) is 3.42. The molecule has 3 aromatic heterocycles. The molecule has 0 radical (unpaired) electrons. The third-order valence-electron chi connectivity index (χ3n) is 4.84. The van der Waals surface area contributed by atoms with E-state index < -0.39 is 29.1 Å². The summed E-state index contributed by atoms with van der Waals surface area (Å²) in [6, 6.07) is 3.72. The Morgan fingerprint density at radius 1 is 1.37 bits per heavy atom. The monoisotopic (exact) mass is 416 g/mol. The molecule has 1 aliphatic rings. The van der Waals surface area contributed by atoms with Crippen molar-refractivity contribution in [2.45, 2.75) is 19.4 Å². The number of aromatic nitrogens is 3. The minimum atomic E-state index is -0.987. The van der Waals surface area contributed by atoms with E-state index in [4.69, 9.17) is 4.74 Å². The van der Waals surface area contributed by atoms with Crippen LogP contribution in [0.25, 0.3) is 16.9 Å². The van der Waals surface area contributed by atoms with Crippen LogP contribution in [0.3, 0.4) is 0 Å². The summed E-state index contributed by atoms with van der Waals surface area (Å²) >= 11 is 0. The van der Waals surface area contributed by atoms with Crippen molar-refractivity contribution in [3.8, 4) is 5.82 Å². The van der Waals surface area contributed by atoms with Gasteiger partial charge in [0.1, 0.15) is 17.2 Å². The first-order valence-electron chi connectivity index (χ1n) is 9.37. The lowest BCUT2D eigenvalue weighted by atomic mass is 10.2. The summed E-state index contributed by atoms with van der Waals surface area (Å²) in [6.07, 6.45) is 2.00. The average Bonchev–Trinajstić information content (AvgIpc) is 3.15. The molecule has 156 valence electrons. The Bertz CT molecular complexity index is 1200. The number of rotatable bonds is 4. The van der Waals surface area contributed by atoms with Crippen molar-refractivity contribution in [1.29, 1.82) is 0 Å². The smallest absolute Gasteiger partial charge is 0.343 e. The molecule has 1 N–H and O–H groups in total. The van der Waals surface area contributed by atoms with Crippen LogP contribution in [-0.2, 0) is 4.74 Å². The summed E-state index contributed by atoms with van der Waals surface area (Å²) in [4.78, 5) is 35.2. The SMILES string of the molecule is CCOC(=O)c1cn(-c2ncc(F)cc2F)c2nc(N3CCC(O)C3)ccc2c1=O. The van der Waals surface area contributed by atoms with Crippen molar-refractivity contribution in [3.05, 3.63) is 58.0 Å². The number of pyridine rings is 3. The Balaban J connectivity index is 1.98. The van der Waals surface area contributed by atoms with E-state index in [1.54, 1.807) is 13.0 Å². The highest BCUT2D eigenvalue weighted by Crippen LogP contribution is 2.23. The Morgan fingerprint density at radius 3 is 2.83 bits per heavy atom. The predicted molar refractivity (Wildman–Crippen MR) is 104 cm³/mol. The molecule has 1 saturated heterocycles. The fraction of sp³-hybridized carbons (Fsp3) is 0.300. The molecule has 1 aliphatic heterocycles. The van der Waals surface area contributed by atoms with E-state index in [-0.39, 0.29) is 29.0 Å². The summed E-state index contributed by atoms with van der Waals surface area (Å²) in [5.74, 6) is -2.57. The van der Waals surface area contributed by atoms with Gasteiger partial charge in [0, 0.05) is 25.4 Å². The Morgan fingerprint density at radius 2 is 2.17 bits per heavy atom. The fourth-order valence-electron chi connectivity index (χ4n) is 3.42. The topological polar surface area (TPSA) is 97.6 Å². The molecule has 1 fully saturated rings. The van der Waals surface area contributed by atoms with Gasteiger partial charge in [0.05, 0.1) is 24.3 Å². The number of β-amino-alcohol motifs (C(OH)–C–C–N with tert-alkyl or cyclic N) is 1. The number of aliphatic hydroxyl groups is 1. The molecule has 3 aromatic rings. The molecule has 1 unspecified atom stereocenters. The van der Waals surface area contributed by atoms with Crippen molar-refractivity contribution < 1.29 is 23.4 Å². The lowest BCUT2D eigenvalue weighted by Crippen LogP contribution is -2.24. The van der Waals surface area contributed by atoms with E-state index >= 15 is 0 Å². The zero-order valence-electron chi connectivity index (χ0n) is 16.0. The largest absolute Gasteiger partial charge is 0.462 e. The second-order valence-corrected chi connectivity index (χ2v) is 6.85. The Kier molecular flexibility index (Phi) is 5.17. The lowest BCUT2D eigenvalue weighted by Gasteiger charge is -2.18. The summed E-state index contributed by atoms with van der Waals surface area (Å²) in [7, 11) is 0. The molecule has 0 spiro atoms. The minimum absolute atomic E-state index is 0.0462. The zero-order valence-corrected chi connectivity index (χ0v) is 16.0. The van der Waals surface area contributed by atoms with Crippen molar-refractivity contribution in [1.82, 2.24) is 14.5 Å². The van der Waals surface area contributed by atoms with Crippen molar-refractivity contribution in [2.24, 2.45) is 0 Å². The maximum Gasteiger partial charge on any atom is 0.343 e. The number of halogens is 2. The highest BCUT2D eigenvalue weighted by Gasteiger charge is 2.24. The van der Waals surface area contributed by atoms with Gasteiger partial charge in [0.25, 0.3) is 0 Å². The molecule has 0 aliphatic carbocycles. The number of hydrogen-bond acceptors (Lipinski definition) is 7. The number of carbonyl (C=O) groups is 1. The van der Waals surface area contributed by atoms with Crippen LogP contribution in [0.2, 0.25) is 0 Å². The number of fused-ring (bicyclic) bond motifs is 1. The van der Waals surface area contributed by atoms with E-state index in [1.165, 1.54) is 6.07 Å². The van der Waals surface area contributed by atoms with Gasteiger partial charge in [0.15, 0.2) is 17.3 Å². The molecular formula is C20H18F2N4O4. The van der Waals surface area contributed by atoms with E-state index in [1.807, 2.05) is 4.90 Å². The molecule has 10 heteroatoms. The van der Waals surface area contributed by atoms with Gasteiger partial charge in [-0.2, -0.15) is 0 Å². The van der Waals surface area contributed by atoms with Gasteiger partial charge >= 0.3 is 5.97 Å². The van der Waals surface area contributed by atoms with Crippen LogP contribution in [0.5, 0.6) is 0 Å². The second-order valence-electron chi connectivity index (χ2n) is 6.85. The summed E-state index contributed by atoms with van der Waals surface area (Å²) in [6.45, 7) is 2.58. The molecule has 4 rings (SSSR count). The van der Waals surface area contributed by atoms with Crippen LogP contribution < -0.4 is 10.3 Å². The van der Waals surface area contributed by atoms with Crippen molar-refractivity contribution in [2.75, 3.05) is 24.6 Å². The van der Waals surface area contributed by atoms with Gasteiger partial charge in [-0.15, -0.1) is 0 Å². The zero-order chi connectivity index (χ0) is 21.4. The molecule has 0 amide bonds. The average molecular weight is 416 g/mol. The molecule has 1 atom stereocenters. The van der Waals surface area contributed by atoms with Gasteiger partial charge < -0.3 is 14.7 Å². The molecule has 0 aromatic carbocycles. The van der Waals surface area contributed by atoms with Gasteiger partial charge in [-0.3, -0.25) is 9.36 Å². The minimum Gasteiger partial charge on any atom is -0.462 e. The van der Waals surface area contributed by atoms with Crippen molar-refractivity contribution in [3.63, 3.8) is 0 Å². The number of anilines is 1. The van der Waals surface area contributed by atoms with E-state index in [2.05, 4.69) is 9.97 Å². The molecule has 4 heterocycles. The first-order valence-corrected chi connectivity index (χ1v) is 9.37. The quantitative estimate of drug-likeness (QED) is 0.648. The number of esters is 1. The second kappa shape index (κ2) is 7.79. The normalized spacial score (nSPS) is 16.3. The first kappa shape index (κ1) is 19.9. The number of hydrogen-bond donors (Lipinski definition) is 1. The lowest BCUT2D eigenvalue weighted by molar-refractivity contribution is 0.0524. The molecule has 0 bridgehead atoms. The summed E-state index contributed by atoms with van der Waals surface area (Å²) in [5, 5.41) is 9.84.